The van der Waals surface area contributed by atoms with E-state index in [2.05, 4.69) is 41.2 Å². The van der Waals surface area contributed by atoms with Gasteiger partial charge in [-0.3, -0.25) is 14.6 Å². The summed E-state index contributed by atoms with van der Waals surface area (Å²) in [6, 6.07) is 6.72. The maximum atomic E-state index is 9.12. The van der Waals surface area contributed by atoms with Crippen molar-refractivity contribution in [2.24, 2.45) is 0 Å². The van der Waals surface area contributed by atoms with Crippen molar-refractivity contribution in [3.8, 4) is 17.1 Å². The van der Waals surface area contributed by atoms with E-state index in [1.165, 1.54) is 12.0 Å². The van der Waals surface area contributed by atoms with Crippen molar-refractivity contribution in [2.75, 3.05) is 37.0 Å². The third-order valence-corrected chi connectivity index (χ3v) is 7.33. The molecule has 4 aromatic heterocycles. The molecule has 0 radical (unpaired) electrons. The maximum Gasteiger partial charge on any atom is 0.227 e. The second-order valence-corrected chi connectivity index (χ2v) is 9.86. The minimum atomic E-state index is 0.0202. The number of piperidine rings is 1. The Balaban J connectivity index is 1.19. The number of aromatic nitrogens is 6. The number of nitrogens with zero attached hydrogens (tertiary/aromatic N) is 8. The van der Waals surface area contributed by atoms with E-state index in [0.717, 1.165) is 42.3 Å². The Bertz CT molecular complexity index is 1400. The van der Waals surface area contributed by atoms with Crippen LogP contribution < -0.4 is 15.0 Å². The fraction of sp³-hybridized carbons (Fsp3) is 0.346. The number of anilines is 3. The molecule has 2 unspecified atom stereocenters. The Morgan fingerprint density at radius 1 is 1.11 bits per heavy atom. The summed E-state index contributed by atoms with van der Waals surface area (Å²) >= 11 is 6.74. The molecule has 11 nitrogen and oxygen atoms in total. The summed E-state index contributed by atoms with van der Waals surface area (Å²) in [6.45, 7) is 3.06. The lowest BCUT2D eigenvalue weighted by atomic mass is 9.86. The smallest absolute Gasteiger partial charge is 0.227 e. The van der Waals surface area contributed by atoms with E-state index in [9.17, 15) is 0 Å². The van der Waals surface area contributed by atoms with Crippen LogP contribution in [0.1, 0.15) is 12.0 Å². The van der Waals surface area contributed by atoms with Crippen LogP contribution in [0.5, 0.6) is 5.88 Å². The van der Waals surface area contributed by atoms with Gasteiger partial charge in [0.05, 0.1) is 48.5 Å². The lowest BCUT2D eigenvalue weighted by Crippen LogP contribution is -2.68. The molecule has 0 amide bonds. The Morgan fingerprint density at radius 3 is 2.74 bits per heavy atom. The van der Waals surface area contributed by atoms with Crippen molar-refractivity contribution in [1.29, 1.82) is 0 Å². The highest BCUT2D eigenvalue weighted by Crippen LogP contribution is 2.42. The monoisotopic (exact) mass is 533 g/mol. The molecule has 12 heteroatoms. The summed E-state index contributed by atoms with van der Waals surface area (Å²) in [5.74, 6) is 1.07. The number of rotatable bonds is 9. The van der Waals surface area contributed by atoms with Gasteiger partial charge in [0.2, 0.25) is 11.8 Å². The van der Waals surface area contributed by atoms with Gasteiger partial charge in [0.1, 0.15) is 0 Å². The molecule has 0 spiro atoms. The predicted molar refractivity (Wildman–Crippen MR) is 144 cm³/mol. The van der Waals surface area contributed by atoms with Crippen molar-refractivity contribution in [3.63, 3.8) is 0 Å². The molecule has 3 saturated heterocycles. The van der Waals surface area contributed by atoms with E-state index >= 15 is 0 Å². The number of halogens is 1. The number of piperazine rings is 1. The van der Waals surface area contributed by atoms with Crippen molar-refractivity contribution < 1.29 is 9.84 Å². The van der Waals surface area contributed by atoms with E-state index in [0.29, 0.717) is 35.5 Å². The molecule has 7 rings (SSSR count). The first kappa shape index (κ1) is 24.5. The number of aliphatic hydroxyl groups excluding tert-OH is 1. The van der Waals surface area contributed by atoms with Gasteiger partial charge in [0.25, 0.3) is 0 Å². The number of pyridine rings is 2. The van der Waals surface area contributed by atoms with E-state index in [1.54, 1.807) is 36.6 Å². The predicted octanol–water partition coefficient (Wildman–Crippen LogP) is 2.99. The van der Waals surface area contributed by atoms with Gasteiger partial charge in [-0.2, -0.15) is 5.10 Å². The van der Waals surface area contributed by atoms with Crippen molar-refractivity contribution in [2.45, 2.75) is 31.6 Å². The molecule has 38 heavy (non-hydrogen) atoms. The van der Waals surface area contributed by atoms with Crippen LogP contribution in [-0.4, -0.2) is 78.6 Å². The number of methoxy groups -OCH3 is 1. The second kappa shape index (κ2) is 10.5. The molecule has 2 atom stereocenters. The number of nitrogens with one attached hydrogen (secondary N) is 1. The van der Waals surface area contributed by atoms with Crippen LogP contribution in [0.25, 0.3) is 11.3 Å². The van der Waals surface area contributed by atoms with Gasteiger partial charge in [-0.25, -0.2) is 15.0 Å². The van der Waals surface area contributed by atoms with Gasteiger partial charge in [0.15, 0.2) is 0 Å². The molecular weight excluding hydrogens is 506 g/mol. The number of hydrogen-bond acceptors (Lipinski definition) is 10. The average Bonchev–Trinajstić information content (AvgIpc) is 3.39. The number of ether oxygens (including phenoxy) is 1. The standard InChI is InChI=1S/C26H28ClN9O2/c1-38-24-3-2-17(9-30-24)13-36-19-8-20(36)16-34(15-19)25-21(11-28-12-22(25)27)23-4-5-29-26(33-23)32-18-10-31-35(14-18)6-7-37/h2-5,9-12,14,19-20,37H,6-8,13,15-16H2,1H3,(H,29,32,33). The van der Waals surface area contributed by atoms with Crippen molar-refractivity contribution in [1.82, 2.24) is 34.6 Å². The lowest BCUT2D eigenvalue weighted by molar-refractivity contribution is -0.00848. The molecule has 4 aromatic rings. The van der Waals surface area contributed by atoms with Crippen LogP contribution in [0.3, 0.4) is 0 Å². The Kier molecular flexibility index (Phi) is 6.79. The van der Waals surface area contributed by atoms with Crippen LogP contribution in [-0.2, 0) is 13.1 Å². The third kappa shape index (κ3) is 4.87. The molecule has 0 aromatic carbocycles. The molecule has 2 N–H and O–H groups in total. The van der Waals surface area contributed by atoms with Crippen LogP contribution in [0.4, 0.5) is 17.3 Å². The summed E-state index contributed by atoms with van der Waals surface area (Å²) in [7, 11) is 1.63. The van der Waals surface area contributed by atoms with Gasteiger partial charge >= 0.3 is 0 Å². The first-order valence-electron chi connectivity index (χ1n) is 12.5. The maximum absolute atomic E-state index is 9.12. The van der Waals surface area contributed by atoms with E-state index < -0.39 is 0 Å². The molecule has 3 aliphatic rings. The van der Waals surface area contributed by atoms with Crippen LogP contribution >= 0.6 is 11.6 Å². The summed E-state index contributed by atoms with van der Waals surface area (Å²) in [5, 5.41) is 17.1. The quantitative estimate of drug-likeness (QED) is 0.332. The first-order chi connectivity index (χ1) is 18.6. The SMILES string of the molecule is COc1ccc(CN2C3CC2CN(c2c(Cl)cncc2-c2ccnc(Nc4cnn(CCO)c4)n2)C3)cn1. The summed E-state index contributed by atoms with van der Waals surface area (Å²) in [4.78, 5) is 22.7. The van der Waals surface area contributed by atoms with Gasteiger partial charge < -0.3 is 20.1 Å². The summed E-state index contributed by atoms with van der Waals surface area (Å²) in [6.07, 6.45) is 11.7. The summed E-state index contributed by atoms with van der Waals surface area (Å²) in [5.41, 5.74) is 4.46. The topological polar surface area (TPSA) is 117 Å². The van der Waals surface area contributed by atoms with Gasteiger partial charge in [-0.1, -0.05) is 17.7 Å². The Morgan fingerprint density at radius 2 is 1.97 bits per heavy atom. The normalized spacial score (nSPS) is 18.8. The number of hydrogen-bond donors (Lipinski definition) is 2. The summed E-state index contributed by atoms with van der Waals surface area (Å²) < 4.78 is 6.84. The highest BCUT2D eigenvalue weighted by atomic mass is 35.5. The fourth-order valence-electron chi connectivity index (χ4n) is 5.25. The van der Waals surface area contributed by atoms with Crippen LogP contribution in [0.15, 0.2) is 55.4 Å². The second-order valence-electron chi connectivity index (χ2n) is 9.45. The van der Waals surface area contributed by atoms with Crippen molar-refractivity contribution >= 4 is 28.9 Å². The molecule has 3 aliphatic heterocycles. The number of aliphatic hydroxyl groups is 1. The Labute approximate surface area is 225 Å². The molecule has 2 bridgehead atoms. The van der Waals surface area contributed by atoms with E-state index in [-0.39, 0.29) is 6.61 Å². The fourth-order valence-corrected chi connectivity index (χ4v) is 5.53. The zero-order valence-corrected chi connectivity index (χ0v) is 21.7. The highest BCUT2D eigenvalue weighted by molar-refractivity contribution is 6.33. The van der Waals surface area contributed by atoms with Crippen molar-refractivity contribution in [3.05, 3.63) is 66.0 Å². The average molecular weight is 534 g/mol. The minimum Gasteiger partial charge on any atom is -0.481 e. The van der Waals surface area contributed by atoms with Crippen LogP contribution in [0.2, 0.25) is 5.02 Å². The zero-order chi connectivity index (χ0) is 26.1. The van der Waals surface area contributed by atoms with Gasteiger partial charge in [0, 0.05) is 74.3 Å². The number of fused-ring (bicyclic) bond motifs is 2. The lowest BCUT2D eigenvalue weighted by Gasteiger charge is -2.57. The highest BCUT2D eigenvalue weighted by Gasteiger charge is 2.45. The molecule has 196 valence electrons. The molecule has 7 heterocycles. The van der Waals surface area contributed by atoms with Crippen LogP contribution in [0, 0.1) is 0 Å². The van der Waals surface area contributed by atoms with Gasteiger partial charge in [-0.05, 0) is 18.1 Å². The largest absolute Gasteiger partial charge is 0.481 e. The third-order valence-electron chi connectivity index (χ3n) is 7.06. The molecule has 0 aliphatic carbocycles. The zero-order valence-electron chi connectivity index (χ0n) is 20.9. The Hall–Kier alpha value is -3.80. The first-order valence-corrected chi connectivity index (χ1v) is 12.9. The van der Waals surface area contributed by atoms with Gasteiger partial charge in [-0.15, -0.1) is 0 Å². The van der Waals surface area contributed by atoms with E-state index in [4.69, 9.17) is 26.4 Å². The molecule has 3 fully saturated rings. The minimum absolute atomic E-state index is 0.0202. The van der Waals surface area contributed by atoms with E-state index in [1.807, 2.05) is 24.5 Å². The molecule has 0 saturated carbocycles. The molecular formula is C26H28ClN9O2.